The zero-order valence-electron chi connectivity index (χ0n) is 17.9. The number of ether oxygens (including phenoxy) is 1. The van der Waals surface area contributed by atoms with Gasteiger partial charge in [-0.3, -0.25) is 14.7 Å². The van der Waals surface area contributed by atoms with Crippen molar-refractivity contribution in [2.45, 2.75) is 12.6 Å². The molecular weight excluding hydrogens is 409 g/mol. The summed E-state index contributed by atoms with van der Waals surface area (Å²) in [5.74, 6) is 0.523. The van der Waals surface area contributed by atoms with Crippen LogP contribution in [0.1, 0.15) is 17.4 Å². The van der Waals surface area contributed by atoms with Crippen LogP contribution in [0, 0.1) is 5.82 Å². The zero-order valence-corrected chi connectivity index (χ0v) is 17.9. The molecule has 0 saturated carbocycles. The molecule has 3 heterocycles. The number of pyridine rings is 2. The molecule has 8 heteroatoms. The summed E-state index contributed by atoms with van der Waals surface area (Å²) in [6, 6.07) is 15.8. The zero-order chi connectivity index (χ0) is 22.3. The average molecular weight is 436 g/mol. The van der Waals surface area contributed by atoms with Crippen LogP contribution < -0.4 is 5.32 Å². The number of amides is 1. The number of aromatic nitrogens is 2. The maximum atomic E-state index is 13.1. The van der Waals surface area contributed by atoms with Gasteiger partial charge in [-0.2, -0.15) is 0 Å². The number of hydrogen-bond donors (Lipinski definition) is 1. The summed E-state index contributed by atoms with van der Waals surface area (Å²) in [6.07, 6.45) is 3.20. The van der Waals surface area contributed by atoms with Crippen LogP contribution in [0.2, 0.25) is 0 Å². The lowest BCUT2D eigenvalue weighted by atomic mass is 10.1. The monoisotopic (exact) mass is 435 g/mol. The van der Waals surface area contributed by atoms with E-state index in [0.29, 0.717) is 26.2 Å². The van der Waals surface area contributed by atoms with Gasteiger partial charge in [-0.1, -0.05) is 18.2 Å². The summed E-state index contributed by atoms with van der Waals surface area (Å²) in [7, 11) is 1.88. The standard InChI is InChI=1S/C24H26FN5O2/c1-29(15-18-5-7-19(25)8-6-18)17-24(31)30-12-13-32-22(16-30)21-10-9-20(14-27-21)28-23-4-2-3-11-26-23/h2-11,14,22H,12-13,15-17H2,1H3,(H,26,28)/t22-/m1/s1. The first-order chi connectivity index (χ1) is 15.6. The number of carbonyl (C=O) groups is 1. The summed E-state index contributed by atoms with van der Waals surface area (Å²) >= 11 is 0. The molecule has 1 saturated heterocycles. The van der Waals surface area contributed by atoms with E-state index in [1.165, 1.54) is 12.1 Å². The van der Waals surface area contributed by atoms with Gasteiger partial charge in [0.2, 0.25) is 5.91 Å². The lowest BCUT2D eigenvalue weighted by molar-refractivity contribution is -0.140. The van der Waals surface area contributed by atoms with Crippen molar-refractivity contribution in [1.82, 2.24) is 19.8 Å². The van der Waals surface area contributed by atoms with Crippen molar-refractivity contribution in [3.8, 4) is 0 Å². The molecule has 1 fully saturated rings. The van der Waals surface area contributed by atoms with Crippen molar-refractivity contribution >= 4 is 17.4 Å². The highest BCUT2D eigenvalue weighted by atomic mass is 19.1. The number of morpholine rings is 1. The van der Waals surface area contributed by atoms with Gasteiger partial charge in [0.25, 0.3) is 0 Å². The lowest BCUT2D eigenvalue weighted by Gasteiger charge is -2.33. The third kappa shape index (κ3) is 5.87. The average Bonchev–Trinajstić information content (AvgIpc) is 2.82. The van der Waals surface area contributed by atoms with Gasteiger partial charge in [-0.15, -0.1) is 0 Å². The molecule has 0 bridgehead atoms. The number of benzene rings is 1. The summed E-state index contributed by atoms with van der Waals surface area (Å²) < 4.78 is 19.0. The first-order valence-electron chi connectivity index (χ1n) is 10.5. The second kappa shape index (κ2) is 10.3. The molecule has 1 aliphatic rings. The fraction of sp³-hybridized carbons (Fsp3) is 0.292. The van der Waals surface area contributed by atoms with Crippen LogP contribution in [0.4, 0.5) is 15.9 Å². The first-order valence-corrected chi connectivity index (χ1v) is 10.5. The quantitative estimate of drug-likeness (QED) is 0.614. The second-order valence-corrected chi connectivity index (χ2v) is 7.81. The lowest BCUT2D eigenvalue weighted by Crippen LogP contribution is -2.46. The minimum absolute atomic E-state index is 0.0383. The first kappa shape index (κ1) is 21.9. The largest absolute Gasteiger partial charge is 0.368 e. The molecule has 7 nitrogen and oxygen atoms in total. The number of hydrogen-bond acceptors (Lipinski definition) is 6. The number of carbonyl (C=O) groups excluding carboxylic acids is 1. The molecule has 32 heavy (non-hydrogen) atoms. The number of halogens is 1. The Morgan fingerprint density at radius 3 is 2.75 bits per heavy atom. The molecule has 166 valence electrons. The van der Waals surface area contributed by atoms with Gasteiger partial charge in [0.05, 0.1) is 37.3 Å². The van der Waals surface area contributed by atoms with E-state index in [1.807, 2.05) is 47.2 Å². The summed E-state index contributed by atoms with van der Waals surface area (Å²) in [5.41, 5.74) is 2.58. The van der Waals surface area contributed by atoms with Crippen molar-refractivity contribution in [2.75, 3.05) is 38.6 Å². The Morgan fingerprint density at radius 1 is 1.19 bits per heavy atom. The van der Waals surface area contributed by atoms with Gasteiger partial charge < -0.3 is 15.0 Å². The Bertz CT molecular complexity index is 1010. The third-order valence-corrected chi connectivity index (χ3v) is 5.24. The van der Waals surface area contributed by atoms with Crippen LogP contribution in [0.3, 0.4) is 0 Å². The van der Waals surface area contributed by atoms with Crippen molar-refractivity contribution in [1.29, 1.82) is 0 Å². The maximum absolute atomic E-state index is 13.1. The highest BCUT2D eigenvalue weighted by molar-refractivity contribution is 5.78. The predicted octanol–water partition coefficient (Wildman–Crippen LogP) is 3.39. The van der Waals surface area contributed by atoms with Gasteiger partial charge in [0.15, 0.2) is 0 Å². The number of rotatable bonds is 7. The van der Waals surface area contributed by atoms with E-state index in [9.17, 15) is 9.18 Å². The van der Waals surface area contributed by atoms with Crippen LogP contribution in [0.25, 0.3) is 0 Å². The minimum Gasteiger partial charge on any atom is -0.368 e. The highest BCUT2D eigenvalue weighted by Gasteiger charge is 2.26. The van der Waals surface area contributed by atoms with Crippen LogP contribution in [-0.4, -0.2) is 59.0 Å². The van der Waals surface area contributed by atoms with Crippen LogP contribution in [-0.2, 0) is 16.1 Å². The highest BCUT2D eigenvalue weighted by Crippen LogP contribution is 2.23. The molecule has 0 radical (unpaired) electrons. The normalized spacial score (nSPS) is 16.2. The van der Waals surface area contributed by atoms with Crippen molar-refractivity contribution in [2.24, 2.45) is 0 Å². The van der Waals surface area contributed by atoms with E-state index in [4.69, 9.17) is 4.74 Å². The Labute approximate surface area is 186 Å². The van der Waals surface area contributed by atoms with Crippen molar-refractivity contribution < 1.29 is 13.9 Å². The molecule has 0 aliphatic carbocycles. The molecule has 0 unspecified atom stereocenters. The van der Waals surface area contributed by atoms with E-state index in [1.54, 1.807) is 24.5 Å². The number of likely N-dealkylation sites (N-methyl/N-ethyl adjacent to an activating group) is 1. The Kier molecular flexibility index (Phi) is 7.03. The fourth-order valence-corrected chi connectivity index (χ4v) is 3.60. The number of anilines is 2. The van der Waals surface area contributed by atoms with Gasteiger partial charge in [0, 0.05) is 19.3 Å². The second-order valence-electron chi connectivity index (χ2n) is 7.81. The molecular formula is C24H26FN5O2. The summed E-state index contributed by atoms with van der Waals surface area (Å²) in [4.78, 5) is 25.3. The molecule has 2 aromatic heterocycles. The van der Waals surface area contributed by atoms with Crippen molar-refractivity contribution in [3.63, 3.8) is 0 Å². The van der Waals surface area contributed by atoms with E-state index in [0.717, 1.165) is 22.8 Å². The predicted molar refractivity (Wildman–Crippen MR) is 120 cm³/mol. The molecule has 1 amide bonds. The van der Waals surface area contributed by atoms with Gasteiger partial charge in [-0.25, -0.2) is 9.37 Å². The van der Waals surface area contributed by atoms with Crippen molar-refractivity contribution in [3.05, 3.63) is 84.1 Å². The van der Waals surface area contributed by atoms with Gasteiger partial charge >= 0.3 is 0 Å². The Hall–Kier alpha value is -3.36. The van der Waals surface area contributed by atoms with Crippen LogP contribution >= 0.6 is 0 Å². The van der Waals surface area contributed by atoms with Crippen LogP contribution in [0.5, 0.6) is 0 Å². The minimum atomic E-state index is -0.265. The van der Waals surface area contributed by atoms with Crippen LogP contribution in [0.15, 0.2) is 67.0 Å². The molecule has 1 aromatic carbocycles. The number of nitrogens with one attached hydrogen (secondary N) is 1. The van der Waals surface area contributed by atoms with E-state index < -0.39 is 0 Å². The molecule has 0 spiro atoms. The topological polar surface area (TPSA) is 70.6 Å². The smallest absolute Gasteiger partial charge is 0.236 e. The summed E-state index contributed by atoms with van der Waals surface area (Å²) in [5, 5.41) is 3.20. The Morgan fingerprint density at radius 2 is 2.03 bits per heavy atom. The maximum Gasteiger partial charge on any atom is 0.236 e. The summed E-state index contributed by atoms with van der Waals surface area (Å²) in [6.45, 7) is 2.34. The Balaban J connectivity index is 1.31. The molecule has 3 aromatic rings. The van der Waals surface area contributed by atoms with Gasteiger partial charge in [0.1, 0.15) is 17.7 Å². The third-order valence-electron chi connectivity index (χ3n) is 5.24. The van der Waals surface area contributed by atoms with Gasteiger partial charge in [-0.05, 0) is 49.0 Å². The number of nitrogens with zero attached hydrogens (tertiary/aromatic N) is 4. The SMILES string of the molecule is CN(CC(=O)N1CCO[C@@H](c2ccc(Nc3ccccn3)cn2)C1)Cc1ccc(F)cc1. The molecule has 4 rings (SSSR count). The molecule has 1 aliphatic heterocycles. The van der Waals surface area contributed by atoms with E-state index in [2.05, 4.69) is 15.3 Å². The van der Waals surface area contributed by atoms with E-state index in [-0.39, 0.29) is 24.4 Å². The molecule has 1 atom stereocenters. The molecule has 1 N–H and O–H groups in total. The fourth-order valence-electron chi connectivity index (χ4n) is 3.60. The van der Waals surface area contributed by atoms with E-state index >= 15 is 0 Å².